The molecule has 18 heavy (non-hydrogen) atoms. The summed E-state index contributed by atoms with van der Waals surface area (Å²) in [7, 11) is 1.53. The largest absolute Gasteiger partial charge is 0.369 e. The second-order valence-electron chi connectivity index (χ2n) is 4.42. The van der Waals surface area contributed by atoms with Crippen molar-refractivity contribution in [3.05, 3.63) is 35.6 Å². The van der Waals surface area contributed by atoms with Crippen molar-refractivity contribution in [3.63, 3.8) is 0 Å². The van der Waals surface area contributed by atoms with Crippen LogP contribution in [-0.4, -0.2) is 25.2 Å². The highest BCUT2D eigenvalue weighted by Gasteiger charge is 2.30. The predicted octanol–water partition coefficient (Wildman–Crippen LogP) is 2.30. The van der Waals surface area contributed by atoms with Gasteiger partial charge in [0.15, 0.2) is 0 Å². The molecule has 4 heteroatoms. The van der Waals surface area contributed by atoms with Gasteiger partial charge in [-0.2, -0.15) is 0 Å². The SMILES string of the molecule is CCC(C)(OC)C(=O)NCCc1ccc(F)cc1. The molecule has 1 atom stereocenters. The summed E-state index contributed by atoms with van der Waals surface area (Å²) in [5.41, 5.74) is 0.218. The lowest BCUT2D eigenvalue weighted by atomic mass is 10.0. The minimum Gasteiger partial charge on any atom is -0.369 e. The number of hydrogen-bond acceptors (Lipinski definition) is 2. The molecule has 0 aliphatic heterocycles. The Morgan fingerprint density at radius 2 is 2.00 bits per heavy atom. The van der Waals surface area contributed by atoms with Crippen LogP contribution >= 0.6 is 0 Å². The zero-order chi connectivity index (χ0) is 13.6. The number of methoxy groups -OCH3 is 1. The van der Waals surface area contributed by atoms with Crippen molar-refractivity contribution in [2.24, 2.45) is 0 Å². The molecule has 0 radical (unpaired) electrons. The quantitative estimate of drug-likeness (QED) is 0.844. The zero-order valence-electron chi connectivity index (χ0n) is 11.1. The summed E-state index contributed by atoms with van der Waals surface area (Å²) < 4.78 is 17.9. The van der Waals surface area contributed by atoms with Crippen LogP contribution in [-0.2, 0) is 16.0 Å². The van der Waals surface area contributed by atoms with Crippen LogP contribution in [0.2, 0.25) is 0 Å². The molecule has 100 valence electrons. The van der Waals surface area contributed by atoms with Gasteiger partial charge in [0.05, 0.1) is 0 Å². The molecule has 1 rings (SSSR count). The van der Waals surface area contributed by atoms with E-state index in [-0.39, 0.29) is 11.7 Å². The summed E-state index contributed by atoms with van der Waals surface area (Å²) in [5.74, 6) is -0.365. The van der Waals surface area contributed by atoms with Gasteiger partial charge in [-0.3, -0.25) is 4.79 Å². The monoisotopic (exact) mass is 253 g/mol. The molecule has 0 fully saturated rings. The Kier molecular flexibility index (Phi) is 5.28. The van der Waals surface area contributed by atoms with Crippen LogP contribution in [0.1, 0.15) is 25.8 Å². The lowest BCUT2D eigenvalue weighted by Gasteiger charge is -2.25. The molecule has 0 aromatic heterocycles. The second kappa shape index (κ2) is 6.50. The molecule has 3 nitrogen and oxygen atoms in total. The average Bonchev–Trinajstić information content (AvgIpc) is 2.40. The Morgan fingerprint density at radius 3 is 2.50 bits per heavy atom. The summed E-state index contributed by atoms with van der Waals surface area (Å²) in [4.78, 5) is 11.9. The molecule has 0 saturated carbocycles. The number of carbonyl (C=O) groups is 1. The highest BCUT2D eigenvalue weighted by molar-refractivity contribution is 5.84. The van der Waals surface area contributed by atoms with Gasteiger partial charge in [0, 0.05) is 13.7 Å². The lowest BCUT2D eigenvalue weighted by Crippen LogP contribution is -2.46. The number of benzene rings is 1. The van der Waals surface area contributed by atoms with E-state index in [2.05, 4.69) is 5.32 Å². The van der Waals surface area contributed by atoms with Crippen molar-refractivity contribution in [2.75, 3.05) is 13.7 Å². The minimum absolute atomic E-state index is 0.116. The third kappa shape index (κ3) is 3.81. The van der Waals surface area contributed by atoms with Crippen molar-refractivity contribution in [3.8, 4) is 0 Å². The van der Waals surface area contributed by atoms with Crippen molar-refractivity contribution in [1.29, 1.82) is 0 Å². The lowest BCUT2D eigenvalue weighted by molar-refractivity contribution is -0.141. The van der Waals surface area contributed by atoms with E-state index in [4.69, 9.17) is 4.74 Å². The van der Waals surface area contributed by atoms with Gasteiger partial charge in [-0.15, -0.1) is 0 Å². The summed E-state index contributed by atoms with van der Waals surface area (Å²) in [5, 5.41) is 2.83. The van der Waals surface area contributed by atoms with Gasteiger partial charge in [0.1, 0.15) is 11.4 Å². The fourth-order valence-corrected chi connectivity index (χ4v) is 1.56. The number of amides is 1. The topological polar surface area (TPSA) is 38.3 Å². The Bertz CT molecular complexity index is 385. The molecule has 1 amide bonds. The van der Waals surface area contributed by atoms with E-state index in [0.29, 0.717) is 19.4 Å². The fraction of sp³-hybridized carbons (Fsp3) is 0.500. The minimum atomic E-state index is -0.775. The number of rotatable bonds is 6. The summed E-state index contributed by atoms with van der Waals surface area (Å²) in [6.45, 7) is 4.19. The maximum absolute atomic E-state index is 12.7. The highest BCUT2D eigenvalue weighted by atomic mass is 19.1. The summed E-state index contributed by atoms with van der Waals surface area (Å²) in [6.07, 6.45) is 1.29. The van der Waals surface area contributed by atoms with Gasteiger partial charge in [-0.25, -0.2) is 4.39 Å². The summed E-state index contributed by atoms with van der Waals surface area (Å²) >= 11 is 0. The van der Waals surface area contributed by atoms with E-state index < -0.39 is 5.60 Å². The first kappa shape index (κ1) is 14.6. The first-order valence-electron chi connectivity index (χ1n) is 6.09. The smallest absolute Gasteiger partial charge is 0.251 e. The van der Waals surface area contributed by atoms with Crippen LogP contribution < -0.4 is 5.32 Å². The third-order valence-electron chi connectivity index (χ3n) is 3.22. The second-order valence-corrected chi connectivity index (χ2v) is 4.42. The molecule has 0 spiro atoms. The van der Waals surface area contributed by atoms with Crippen molar-refractivity contribution in [1.82, 2.24) is 5.32 Å². The van der Waals surface area contributed by atoms with E-state index in [0.717, 1.165) is 5.56 Å². The van der Waals surface area contributed by atoms with Gasteiger partial charge in [-0.05, 0) is 37.5 Å². The first-order valence-corrected chi connectivity index (χ1v) is 6.09. The molecule has 1 N–H and O–H groups in total. The normalized spacial score (nSPS) is 14.0. The number of ether oxygens (including phenoxy) is 1. The summed E-state index contributed by atoms with van der Waals surface area (Å²) in [6, 6.07) is 6.28. The van der Waals surface area contributed by atoms with Crippen LogP contribution in [0, 0.1) is 5.82 Å². The van der Waals surface area contributed by atoms with Crippen molar-refractivity contribution >= 4 is 5.91 Å². The Morgan fingerprint density at radius 1 is 1.39 bits per heavy atom. The Labute approximate surface area is 107 Å². The standard InChI is InChI=1S/C14H20FNO2/c1-4-14(2,18-3)13(17)16-10-9-11-5-7-12(15)8-6-11/h5-8H,4,9-10H2,1-3H3,(H,16,17). The van der Waals surface area contributed by atoms with E-state index in [1.165, 1.54) is 19.2 Å². The molecule has 0 bridgehead atoms. The fourth-order valence-electron chi connectivity index (χ4n) is 1.56. The molecule has 0 aliphatic rings. The number of halogens is 1. The molecule has 0 heterocycles. The Hall–Kier alpha value is -1.42. The maximum atomic E-state index is 12.7. The van der Waals surface area contributed by atoms with Crippen molar-refractivity contribution in [2.45, 2.75) is 32.3 Å². The van der Waals surface area contributed by atoms with E-state index >= 15 is 0 Å². The third-order valence-corrected chi connectivity index (χ3v) is 3.22. The molecule has 0 aliphatic carbocycles. The van der Waals surface area contributed by atoms with E-state index in [9.17, 15) is 9.18 Å². The molecule has 0 saturated heterocycles. The van der Waals surface area contributed by atoms with Crippen LogP contribution in [0.5, 0.6) is 0 Å². The Balaban J connectivity index is 2.42. The van der Waals surface area contributed by atoms with Crippen LogP contribution in [0.3, 0.4) is 0 Å². The van der Waals surface area contributed by atoms with Crippen LogP contribution in [0.25, 0.3) is 0 Å². The van der Waals surface area contributed by atoms with Gasteiger partial charge in [0.25, 0.3) is 5.91 Å². The predicted molar refractivity (Wildman–Crippen MR) is 68.8 cm³/mol. The molecule has 1 aromatic rings. The zero-order valence-corrected chi connectivity index (χ0v) is 11.1. The molecule has 1 unspecified atom stereocenters. The molecule has 1 aromatic carbocycles. The van der Waals surface area contributed by atoms with Gasteiger partial charge < -0.3 is 10.1 Å². The van der Waals surface area contributed by atoms with E-state index in [1.807, 2.05) is 6.92 Å². The highest BCUT2D eigenvalue weighted by Crippen LogP contribution is 2.13. The number of carbonyl (C=O) groups excluding carboxylic acids is 1. The van der Waals surface area contributed by atoms with Gasteiger partial charge in [0.2, 0.25) is 0 Å². The average molecular weight is 253 g/mol. The van der Waals surface area contributed by atoms with Crippen LogP contribution in [0.4, 0.5) is 4.39 Å². The van der Waals surface area contributed by atoms with Gasteiger partial charge in [-0.1, -0.05) is 19.1 Å². The number of nitrogens with one attached hydrogen (secondary N) is 1. The van der Waals surface area contributed by atoms with Crippen LogP contribution in [0.15, 0.2) is 24.3 Å². The van der Waals surface area contributed by atoms with Gasteiger partial charge >= 0.3 is 0 Å². The van der Waals surface area contributed by atoms with E-state index in [1.54, 1.807) is 19.1 Å². The first-order chi connectivity index (χ1) is 8.51. The maximum Gasteiger partial charge on any atom is 0.251 e. The molecular formula is C14H20FNO2. The molecular weight excluding hydrogens is 233 g/mol. The number of hydrogen-bond donors (Lipinski definition) is 1. The van der Waals surface area contributed by atoms with Crippen molar-refractivity contribution < 1.29 is 13.9 Å².